The Hall–Kier alpha value is -7.11. The van der Waals surface area contributed by atoms with Crippen LogP contribution in [-0.4, -0.2) is 19.5 Å². The summed E-state index contributed by atoms with van der Waals surface area (Å²) < 4.78 is 8.98. The van der Waals surface area contributed by atoms with Crippen LogP contribution in [0.15, 0.2) is 174 Å². The van der Waals surface area contributed by atoms with Crippen LogP contribution in [0.3, 0.4) is 0 Å². The molecular formula is C47H28N4O. The summed E-state index contributed by atoms with van der Waals surface area (Å²) in [6.45, 7) is 0. The van der Waals surface area contributed by atoms with Gasteiger partial charge in [0, 0.05) is 49.3 Å². The molecule has 5 heteroatoms. The molecule has 0 amide bonds. The first-order valence-corrected chi connectivity index (χ1v) is 17.4. The smallest absolute Gasteiger partial charge is 0.164 e. The second-order valence-corrected chi connectivity index (χ2v) is 13.2. The second kappa shape index (κ2) is 11.2. The molecule has 0 bridgehead atoms. The lowest BCUT2D eigenvalue weighted by Crippen LogP contribution is -2.01. The van der Waals surface area contributed by atoms with E-state index in [-0.39, 0.29) is 0 Å². The summed E-state index contributed by atoms with van der Waals surface area (Å²) in [7, 11) is 0. The molecule has 242 valence electrons. The predicted molar refractivity (Wildman–Crippen MR) is 213 cm³/mol. The fraction of sp³-hybridized carbons (Fsp3) is 0. The largest absolute Gasteiger partial charge is 0.455 e. The van der Waals surface area contributed by atoms with E-state index in [0.717, 1.165) is 66.1 Å². The maximum Gasteiger partial charge on any atom is 0.164 e. The van der Waals surface area contributed by atoms with Crippen molar-refractivity contribution >= 4 is 65.3 Å². The maximum absolute atomic E-state index is 6.60. The summed E-state index contributed by atoms with van der Waals surface area (Å²) in [5.74, 6) is 1.86. The lowest BCUT2D eigenvalue weighted by molar-refractivity contribution is 0.672. The highest BCUT2D eigenvalue weighted by atomic mass is 16.3. The molecule has 0 atom stereocenters. The van der Waals surface area contributed by atoms with Crippen molar-refractivity contribution in [3.05, 3.63) is 170 Å². The third kappa shape index (κ3) is 4.39. The molecule has 0 saturated heterocycles. The van der Waals surface area contributed by atoms with Gasteiger partial charge in [0.05, 0.1) is 11.0 Å². The SMILES string of the molecule is c1ccc(-c2nc(-c3ccccc3)nc(-c3cc4c5ccccc5oc4c4ccc(-n5c6ccccc6c6cc7ccccc7cc65)cc34)n2)cc1. The summed E-state index contributed by atoms with van der Waals surface area (Å²) in [4.78, 5) is 15.4. The van der Waals surface area contributed by atoms with Gasteiger partial charge in [-0.2, -0.15) is 0 Å². The number of fused-ring (bicyclic) bond motifs is 9. The van der Waals surface area contributed by atoms with Crippen molar-refractivity contribution in [1.82, 2.24) is 19.5 Å². The van der Waals surface area contributed by atoms with Crippen molar-refractivity contribution in [3.63, 3.8) is 0 Å². The van der Waals surface area contributed by atoms with Crippen LogP contribution in [0.5, 0.6) is 0 Å². The molecule has 0 fully saturated rings. The number of nitrogens with zero attached hydrogens (tertiary/aromatic N) is 4. The van der Waals surface area contributed by atoms with Crippen molar-refractivity contribution < 1.29 is 4.42 Å². The van der Waals surface area contributed by atoms with Crippen molar-refractivity contribution in [2.75, 3.05) is 0 Å². The minimum absolute atomic E-state index is 0.607. The fourth-order valence-corrected chi connectivity index (χ4v) is 7.77. The summed E-state index contributed by atoms with van der Waals surface area (Å²) in [5.41, 5.74) is 7.83. The zero-order valence-electron chi connectivity index (χ0n) is 27.9. The van der Waals surface area contributed by atoms with Crippen molar-refractivity contribution in [2.24, 2.45) is 0 Å². The summed E-state index contributed by atoms with van der Waals surface area (Å²) >= 11 is 0. The fourth-order valence-electron chi connectivity index (χ4n) is 7.77. The van der Waals surface area contributed by atoms with Crippen LogP contribution in [0.1, 0.15) is 0 Å². The number of hydrogen-bond donors (Lipinski definition) is 0. The van der Waals surface area contributed by atoms with E-state index < -0.39 is 0 Å². The third-order valence-electron chi connectivity index (χ3n) is 10.2. The highest BCUT2D eigenvalue weighted by molar-refractivity contribution is 6.19. The van der Waals surface area contributed by atoms with Crippen LogP contribution in [0.25, 0.3) is 105 Å². The zero-order valence-corrected chi connectivity index (χ0v) is 27.9. The van der Waals surface area contributed by atoms with Gasteiger partial charge in [0.15, 0.2) is 17.5 Å². The van der Waals surface area contributed by atoms with Crippen molar-refractivity contribution in [1.29, 1.82) is 0 Å². The Morgan fingerprint density at radius 2 is 1.00 bits per heavy atom. The zero-order chi connectivity index (χ0) is 34.2. The molecule has 11 aromatic rings. The highest BCUT2D eigenvalue weighted by Gasteiger charge is 2.21. The first kappa shape index (κ1) is 28.7. The Kier molecular flexibility index (Phi) is 6.18. The van der Waals surface area contributed by atoms with Crippen LogP contribution >= 0.6 is 0 Å². The van der Waals surface area contributed by atoms with Crippen LogP contribution < -0.4 is 0 Å². The van der Waals surface area contributed by atoms with E-state index in [0.29, 0.717) is 17.5 Å². The maximum atomic E-state index is 6.60. The Morgan fingerprint density at radius 1 is 0.385 bits per heavy atom. The van der Waals surface area contributed by atoms with E-state index in [1.807, 2.05) is 72.8 Å². The molecule has 0 radical (unpaired) electrons. The van der Waals surface area contributed by atoms with Gasteiger partial charge in [-0.1, -0.05) is 121 Å². The van der Waals surface area contributed by atoms with Gasteiger partial charge in [0.2, 0.25) is 0 Å². The Morgan fingerprint density at radius 3 is 1.75 bits per heavy atom. The molecular weight excluding hydrogens is 637 g/mol. The van der Waals surface area contributed by atoms with Gasteiger partial charge in [0.1, 0.15) is 11.2 Å². The number of hydrogen-bond acceptors (Lipinski definition) is 4. The number of benzene rings is 8. The normalized spacial score (nSPS) is 11.8. The van der Waals surface area contributed by atoms with Crippen LogP contribution in [0.2, 0.25) is 0 Å². The van der Waals surface area contributed by atoms with Gasteiger partial charge in [-0.05, 0) is 64.7 Å². The molecule has 52 heavy (non-hydrogen) atoms. The van der Waals surface area contributed by atoms with Gasteiger partial charge in [0.25, 0.3) is 0 Å². The minimum Gasteiger partial charge on any atom is -0.455 e. The Bertz CT molecular complexity index is 3120. The molecule has 0 unspecified atom stereocenters. The van der Waals surface area contributed by atoms with Crippen molar-refractivity contribution in [3.8, 4) is 39.9 Å². The van der Waals surface area contributed by atoms with Crippen LogP contribution in [0.4, 0.5) is 0 Å². The number of aromatic nitrogens is 4. The summed E-state index contributed by atoms with van der Waals surface area (Å²) in [6.07, 6.45) is 0. The van der Waals surface area contributed by atoms with Gasteiger partial charge in [-0.15, -0.1) is 0 Å². The molecule has 0 aliphatic carbocycles. The predicted octanol–water partition coefficient (Wildman–Crippen LogP) is 12.2. The Balaban J connectivity index is 1.25. The van der Waals surface area contributed by atoms with Crippen LogP contribution in [-0.2, 0) is 0 Å². The van der Waals surface area contributed by atoms with Gasteiger partial charge in [-0.25, -0.2) is 15.0 Å². The number of furan rings is 1. The van der Waals surface area contributed by atoms with E-state index in [2.05, 4.69) is 102 Å². The lowest BCUT2D eigenvalue weighted by atomic mass is 9.98. The topological polar surface area (TPSA) is 56.7 Å². The van der Waals surface area contributed by atoms with E-state index in [4.69, 9.17) is 19.4 Å². The monoisotopic (exact) mass is 664 g/mol. The third-order valence-corrected chi connectivity index (χ3v) is 10.2. The van der Waals surface area contributed by atoms with E-state index in [1.54, 1.807) is 0 Å². The lowest BCUT2D eigenvalue weighted by Gasteiger charge is -2.14. The standard InChI is InChI=1S/C47H28N4O/c1-3-13-29(14-4-1)45-48-46(30-15-5-2-6-16-30)50-47(49-45)40-28-39-35-20-10-12-22-43(35)52-44(39)36-24-23-33(27-37(36)40)51-41-21-11-9-19-34(41)38-25-31-17-7-8-18-32(31)26-42(38)51/h1-28H. The van der Waals surface area contributed by atoms with E-state index in [9.17, 15) is 0 Å². The summed E-state index contributed by atoms with van der Waals surface area (Å²) in [6, 6.07) is 59.2. The average molecular weight is 665 g/mol. The molecule has 8 aromatic carbocycles. The van der Waals surface area contributed by atoms with E-state index >= 15 is 0 Å². The second-order valence-electron chi connectivity index (χ2n) is 13.2. The first-order chi connectivity index (χ1) is 25.8. The van der Waals surface area contributed by atoms with Gasteiger partial charge in [-0.3, -0.25) is 0 Å². The molecule has 0 spiro atoms. The average Bonchev–Trinajstić information content (AvgIpc) is 3.75. The molecule has 0 N–H and O–H groups in total. The van der Waals surface area contributed by atoms with Crippen molar-refractivity contribution in [2.45, 2.75) is 0 Å². The molecule has 3 aromatic heterocycles. The molecule has 0 aliphatic heterocycles. The highest BCUT2D eigenvalue weighted by Crippen LogP contribution is 2.42. The number of rotatable bonds is 4. The molecule has 3 heterocycles. The first-order valence-electron chi connectivity index (χ1n) is 17.4. The summed E-state index contributed by atoms with van der Waals surface area (Å²) in [5, 5.41) is 8.95. The quantitative estimate of drug-likeness (QED) is 0.188. The minimum atomic E-state index is 0.607. The molecule has 0 saturated carbocycles. The Labute approximate surface area is 298 Å². The molecule has 11 rings (SSSR count). The molecule has 5 nitrogen and oxygen atoms in total. The number of para-hydroxylation sites is 2. The van der Waals surface area contributed by atoms with Gasteiger partial charge >= 0.3 is 0 Å². The van der Waals surface area contributed by atoms with Gasteiger partial charge < -0.3 is 8.98 Å². The van der Waals surface area contributed by atoms with E-state index in [1.165, 1.54) is 21.5 Å². The molecule has 0 aliphatic rings. The van der Waals surface area contributed by atoms with Crippen LogP contribution in [0, 0.1) is 0 Å².